The third kappa shape index (κ3) is 5.14. The number of halogens is 3. The van der Waals surface area contributed by atoms with Crippen molar-refractivity contribution in [1.82, 2.24) is 10.6 Å². The second-order valence-corrected chi connectivity index (χ2v) is 6.85. The maximum absolute atomic E-state index is 12.2. The fraction of sp³-hybridized carbons (Fsp3) is 0.353. The standard InChI is InChI=1S/C17H18F2N2O3S.ClH/c18-17(19)24-12-3-1-10(2-4-12)14-5-6-15(25-14)16(23)21-8-11-7-20-9-13(11)22;/h1-6,11,13,17,20,22H,7-9H2,(H,21,23);1H. The van der Waals surface area contributed by atoms with Crippen molar-refractivity contribution in [1.29, 1.82) is 0 Å². The third-order valence-electron chi connectivity index (χ3n) is 4.02. The lowest BCUT2D eigenvalue weighted by molar-refractivity contribution is -0.0498. The van der Waals surface area contributed by atoms with Crippen LogP contribution < -0.4 is 15.4 Å². The van der Waals surface area contributed by atoms with E-state index in [2.05, 4.69) is 15.4 Å². The normalized spacial score (nSPS) is 19.2. The smallest absolute Gasteiger partial charge is 0.387 e. The number of amides is 1. The number of thiophene rings is 1. The van der Waals surface area contributed by atoms with Gasteiger partial charge in [-0.15, -0.1) is 23.7 Å². The first-order chi connectivity index (χ1) is 12.0. The number of benzene rings is 1. The molecule has 0 saturated carbocycles. The van der Waals surface area contributed by atoms with Crippen LogP contribution in [0.2, 0.25) is 0 Å². The number of carbonyl (C=O) groups is 1. The second-order valence-electron chi connectivity index (χ2n) is 5.76. The van der Waals surface area contributed by atoms with Crippen LogP contribution in [0, 0.1) is 5.92 Å². The minimum atomic E-state index is -2.85. The molecule has 3 N–H and O–H groups in total. The third-order valence-corrected chi connectivity index (χ3v) is 5.16. The number of hydrogen-bond donors (Lipinski definition) is 3. The zero-order chi connectivity index (χ0) is 17.8. The Labute approximate surface area is 159 Å². The van der Waals surface area contributed by atoms with Crippen molar-refractivity contribution < 1.29 is 23.4 Å². The Hall–Kier alpha value is -1.74. The highest BCUT2D eigenvalue weighted by molar-refractivity contribution is 7.17. The van der Waals surface area contributed by atoms with E-state index in [1.54, 1.807) is 18.2 Å². The molecule has 1 saturated heterocycles. The number of ether oxygens (including phenoxy) is 1. The van der Waals surface area contributed by atoms with Crippen molar-refractivity contribution in [3.63, 3.8) is 0 Å². The van der Waals surface area contributed by atoms with Crippen molar-refractivity contribution >= 4 is 29.7 Å². The van der Waals surface area contributed by atoms with Crippen LogP contribution in [0.4, 0.5) is 8.78 Å². The van der Waals surface area contributed by atoms with Gasteiger partial charge in [-0.1, -0.05) is 0 Å². The molecule has 2 unspecified atom stereocenters. The Morgan fingerprint density at radius 2 is 2.00 bits per heavy atom. The number of hydrogen-bond acceptors (Lipinski definition) is 5. The summed E-state index contributed by atoms with van der Waals surface area (Å²) in [5.74, 6) is -0.0734. The van der Waals surface area contributed by atoms with Crippen LogP contribution >= 0.6 is 23.7 Å². The molecule has 0 spiro atoms. The van der Waals surface area contributed by atoms with Crippen molar-refractivity contribution in [2.45, 2.75) is 12.7 Å². The molecule has 0 bridgehead atoms. The Kier molecular flexibility index (Phi) is 7.33. The molecule has 5 nitrogen and oxygen atoms in total. The SMILES string of the molecule is Cl.O=C(NCC1CNCC1O)c1ccc(-c2ccc(OC(F)F)cc2)s1. The van der Waals surface area contributed by atoms with Crippen LogP contribution in [0.3, 0.4) is 0 Å². The van der Waals surface area contributed by atoms with Gasteiger partial charge in [-0.2, -0.15) is 8.78 Å². The quantitative estimate of drug-likeness (QED) is 0.692. The summed E-state index contributed by atoms with van der Waals surface area (Å²) in [6, 6.07) is 9.82. The monoisotopic (exact) mass is 404 g/mol. The molecule has 2 atom stereocenters. The first-order valence-electron chi connectivity index (χ1n) is 7.85. The van der Waals surface area contributed by atoms with Gasteiger partial charge in [0.2, 0.25) is 0 Å². The minimum absolute atomic E-state index is 0. The van der Waals surface area contributed by atoms with Gasteiger partial charge in [-0.05, 0) is 42.0 Å². The number of aliphatic hydroxyl groups is 1. The van der Waals surface area contributed by atoms with Gasteiger partial charge in [-0.25, -0.2) is 0 Å². The summed E-state index contributed by atoms with van der Waals surface area (Å²) < 4.78 is 28.6. The average Bonchev–Trinajstić information content (AvgIpc) is 3.22. The van der Waals surface area contributed by atoms with E-state index in [1.807, 2.05) is 6.07 Å². The number of nitrogens with one attached hydrogen (secondary N) is 2. The van der Waals surface area contributed by atoms with Gasteiger partial charge in [0.05, 0.1) is 11.0 Å². The molecule has 1 aliphatic heterocycles. The molecule has 1 aliphatic rings. The molecule has 0 aliphatic carbocycles. The van der Waals surface area contributed by atoms with Crippen molar-refractivity contribution in [3.05, 3.63) is 41.3 Å². The van der Waals surface area contributed by atoms with Gasteiger partial charge in [0.15, 0.2) is 0 Å². The van der Waals surface area contributed by atoms with Crippen LogP contribution in [-0.4, -0.2) is 43.4 Å². The van der Waals surface area contributed by atoms with E-state index < -0.39 is 12.7 Å². The van der Waals surface area contributed by atoms with E-state index in [-0.39, 0.29) is 30.0 Å². The summed E-state index contributed by atoms with van der Waals surface area (Å²) >= 11 is 1.32. The maximum atomic E-state index is 12.2. The Balaban J connectivity index is 0.00000243. The van der Waals surface area contributed by atoms with Gasteiger partial charge in [0, 0.05) is 30.4 Å². The molecule has 2 aromatic rings. The molecule has 1 aromatic heterocycles. The van der Waals surface area contributed by atoms with Crippen LogP contribution in [0.25, 0.3) is 10.4 Å². The van der Waals surface area contributed by atoms with Gasteiger partial charge >= 0.3 is 6.61 Å². The van der Waals surface area contributed by atoms with E-state index in [1.165, 1.54) is 23.5 Å². The summed E-state index contributed by atoms with van der Waals surface area (Å²) in [6.07, 6.45) is -0.437. The van der Waals surface area contributed by atoms with Crippen LogP contribution in [0.5, 0.6) is 5.75 Å². The molecule has 142 valence electrons. The van der Waals surface area contributed by atoms with E-state index >= 15 is 0 Å². The molecule has 1 fully saturated rings. The van der Waals surface area contributed by atoms with Gasteiger partial charge in [0.1, 0.15) is 5.75 Å². The van der Waals surface area contributed by atoms with Crippen LogP contribution in [-0.2, 0) is 0 Å². The summed E-state index contributed by atoms with van der Waals surface area (Å²) in [5.41, 5.74) is 0.820. The van der Waals surface area contributed by atoms with E-state index in [0.29, 0.717) is 24.5 Å². The number of alkyl halides is 2. The highest BCUT2D eigenvalue weighted by Gasteiger charge is 2.25. The van der Waals surface area contributed by atoms with Crippen molar-refractivity contribution in [2.24, 2.45) is 5.92 Å². The fourth-order valence-electron chi connectivity index (χ4n) is 2.65. The Morgan fingerprint density at radius 1 is 1.27 bits per heavy atom. The first-order valence-corrected chi connectivity index (χ1v) is 8.66. The van der Waals surface area contributed by atoms with Crippen molar-refractivity contribution in [2.75, 3.05) is 19.6 Å². The van der Waals surface area contributed by atoms with Crippen molar-refractivity contribution in [3.8, 4) is 16.2 Å². The van der Waals surface area contributed by atoms with E-state index in [9.17, 15) is 18.7 Å². The summed E-state index contributed by atoms with van der Waals surface area (Å²) in [4.78, 5) is 13.6. The lowest BCUT2D eigenvalue weighted by Gasteiger charge is -2.13. The highest BCUT2D eigenvalue weighted by atomic mass is 35.5. The summed E-state index contributed by atoms with van der Waals surface area (Å²) in [7, 11) is 0. The zero-order valence-electron chi connectivity index (χ0n) is 13.7. The largest absolute Gasteiger partial charge is 0.435 e. The van der Waals surface area contributed by atoms with E-state index in [4.69, 9.17) is 0 Å². The number of aliphatic hydroxyl groups excluding tert-OH is 1. The summed E-state index contributed by atoms with van der Waals surface area (Å²) in [5, 5.41) is 15.6. The molecule has 1 amide bonds. The fourth-order valence-corrected chi connectivity index (χ4v) is 3.58. The maximum Gasteiger partial charge on any atom is 0.387 e. The minimum Gasteiger partial charge on any atom is -0.435 e. The molecule has 1 aromatic carbocycles. The number of β-amino-alcohol motifs (C(OH)–C–C–N with tert-alkyl or cyclic N) is 1. The molecule has 0 radical (unpaired) electrons. The first kappa shape index (κ1) is 20.6. The van der Waals surface area contributed by atoms with Gasteiger partial charge < -0.3 is 20.5 Å². The lowest BCUT2D eigenvalue weighted by Crippen LogP contribution is -2.33. The highest BCUT2D eigenvalue weighted by Crippen LogP contribution is 2.29. The Morgan fingerprint density at radius 3 is 2.62 bits per heavy atom. The number of carbonyl (C=O) groups excluding carboxylic acids is 1. The topological polar surface area (TPSA) is 70.6 Å². The van der Waals surface area contributed by atoms with Crippen LogP contribution in [0.15, 0.2) is 36.4 Å². The molecule has 2 heterocycles. The van der Waals surface area contributed by atoms with E-state index in [0.717, 1.165) is 10.4 Å². The Bertz CT molecular complexity index is 727. The molecule has 26 heavy (non-hydrogen) atoms. The average molecular weight is 405 g/mol. The van der Waals surface area contributed by atoms with Crippen LogP contribution in [0.1, 0.15) is 9.67 Å². The second kappa shape index (κ2) is 9.27. The molecule has 9 heteroatoms. The predicted molar refractivity (Wildman–Crippen MR) is 98.3 cm³/mol. The van der Waals surface area contributed by atoms with Gasteiger partial charge in [-0.3, -0.25) is 4.79 Å². The number of rotatable bonds is 6. The summed E-state index contributed by atoms with van der Waals surface area (Å²) in [6.45, 7) is -1.20. The van der Waals surface area contributed by atoms with Gasteiger partial charge in [0.25, 0.3) is 5.91 Å². The molecule has 3 rings (SSSR count). The molecular weight excluding hydrogens is 386 g/mol. The predicted octanol–water partition coefficient (Wildman–Crippen LogP) is 2.75. The zero-order valence-corrected chi connectivity index (χ0v) is 15.3. The lowest BCUT2D eigenvalue weighted by atomic mass is 10.1. The molecular formula is C17H19ClF2N2O3S.